The van der Waals surface area contributed by atoms with Gasteiger partial charge in [0.05, 0.1) is 0 Å². The quantitative estimate of drug-likeness (QED) is 0.337. The number of hydrogen-bond donors (Lipinski definition) is 2. The molecule has 0 aliphatic carbocycles. The molecule has 3 aliphatic heterocycles. The number of anilines is 1. The third kappa shape index (κ3) is 8.97. The highest BCUT2D eigenvalue weighted by Gasteiger charge is 2.42. The molecule has 0 unspecified atom stereocenters. The molecule has 36 heavy (non-hydrogen) atoms. The zero-order chi connectivity index (χ0) is 27.6. The van der Waals surface area contributed by atoms with Crippen LogP contribution >= 0.6 is 0 Å². The lowest BCUT2D eigenvalue weighted by Gasteiger charge is -2.44. The fraction of sp³-hybridized carbons (Fsp3) is 0.562. The Morgan fingerprint density at radius 2 is 1.58 bits per heavy atom. The molecule has 4 heteroatoms. The van der Waals surface area contributed by atoms with Gasteiger partial charge in [0.25, 0.3) is 0 Å². The zero-order valence-corrected chi connectivity index (χ0v) is 24.6. The lowest BCUT2D eigenvalue weighted by Crippen LogP contribution is -2.50. The van der Waals surface area contributed by atoms with E-state index in [0.717, 1.165) is 12.6 Å². The molecule has 0 atom stereocenters. The molecule has 1 aromatic carbocycles. The Hall–Kier alpha value is -2.30. The third-order valence-corrected chi connectivity index (χ3v) is 7.09. The Balaban J connectivity index is 0.00000122. The number of nitrogens with zero attached hydrogens (tertiary/aromatic N) is 2. The average Bonchev–Trinajstić information content (AvgIpc) is 3.29. The van der Waals surface area contributed by atoms with E-state index in [1.165, 1.54) is 74.2 Å². The third-order valence-electron chi connectivity index (χ3n) is 7.09. The minimum Gasteiger partial charge on any atom is -0.405 e. The first kappa shape index (κ1) is 33.7. The van der Waals surface area contributed by atoms with Crippen LogP contribution in [0.2, 0.25) is 0 Å². The lowest BCUT2D eigenvalue weighted by atomic mass is 9.73. The number of piperidine rings is 2. The van der Waals surface area contributed by atoms with Crippen LogP contribution in [0.4, 0.5) is 5.69 Å². The summed E-state index contributed by atoms with van der Waals surface area (Å²) in [4.78, 5) is 5.24. The summed E-state index contributed by atoms with van der Waals surface area (Å²) in [7, 11) is 2.25. The topological polar surface area (TPSA) is 44.5 Å². The van der Waals surface area contributed by atoms with E-state index in [2.05, 4.69) is 73.1 Å². The molecule has 0 aromatic heterocycles. The van der Waals surface area contributed by atoms with Gasteiger partial charge in [-0.3, -0.25) is 0 Å². The van der Waals surface area contributed by atoms with Crippen LogP contribution in [-0.4, -0.2) is 55.6 Å². The average molecular weight is 497 g/mol. The largest absolute Gasteiger partial charge is 0.405 e. The molecule has 1 aromatic rings. The first-order chi connectivity index (χ1) is 17.6. The fourth-order valence-corrected chi connectivity index (χ4v) is 5.26. The van der Waals surface area contributed by atoms with Crippen LogP contribution < -0.4 is 11.1 Å². The van der Waals surface area contributed by atoms with Crippen molar-refractivity contribution in [2.45, 2.75) is 78.7 Å². The number of benzene rings is 1. The molecule has 3 aliphatic rings. The van der Waals surface area contributed by atoms with E-state index in [-0.39, 0.29) is 0 Å². The Bertz CT molecular complexity index is 779. The molecule has 0 saturated carbocycles. The van der Waals surface area contributed by atoms with Crippen LogP contribution in [0.25, 0.3) is 5.57 Å². The maximum Gasteiger partial charge on any atom is 0.0379 e. The van der Waals surface area contributed by atoms with Crippen molar-refractivity contribution in [3.63, 3.8) is 0 Å². The molecule has 3 heterocycles. The Labute approximate surface area is 224 Å². The van der Waals surface area contributed by atoms with Gasteiger partial charge in [-0.05, 0) is 114 Å². The van der Waals surface area contributed by atoms with E-state index in [0.29, 0.717) is 5.41 Å². The minimum absolute atomic E-state index is 0.304. The van der Waals surface area contributed by atoms with Gasteiger partial charge in [-0.2, -0.15) is 0 Å². The Kier molecular flexibility index (Phi) is 17.7. The van der Waals surface area contributed by atoms with E-state index in [1.807, 2.05) is 40.7 Å². The normalized spacial score (nSPS) is 19.1. The second-order valence-electron chi connectivity index (χ2n) is 8.98. The number of fused-ring (bicyclic) bond motifs is 2. The van der Waals surface area contributed by atoms with E-state index >= 15 is 0 Å². The van der Waals surface area contributed by atoms with Gasteiger partial charge in [0.15, 0.2) is 0 Å². The summed E-state index contributed by atoms with van der Waals surface area (Å²) < 4.78 is 0. The van der Waals surface area contributed by atoms with Gasteiger partial charge in [-0.15, -0.1) is 19.7 Å². The van der Waals surface area contributed by atoms with Crippen LogP contribution in [0.15, 0.2) is 62.4 Å². The highest BCUT2D eigenvalue weighted by molar-refractivity contribution is 5.77. The number of rotatable bonds is 3. The van der Waals surface area contributed by atoms with Crippen LogP contribution in [0.3, 0.4) is 0 Å². The molecule has 1 spiro atoms. The van der Waals surface area contributed by atoms with Crippen LogP contribution in [-0.2, 0) is 5.41 Å². The zero-order valence-electron chi connectivity index (χ0n) is 24.6. The molecule has 0 radical (unpaired) electrons. The van der Waals surface area contributed by atoms with Crippen molar-refractivity contribution in [2.24, 2.45) is 5.73 Å². The lowest BCUT2D eigenvalue weighted by molar-refractivity contribution is 0.0791. The van der Waals surface area contributed by atoms with Gasteiger partial charge < -0.3 is 20.9 Å². The number of nitrogens with two attached hydrogens (primary N) is 1. The smallest absolute Gasteiger partial charge is 0.0379 e. The van der Waals surface area contributed by atoms with Gasteiger partial charge in [-0.25, -0.2) is 0 Å². The Morgan fingerprint density at radius 3 is 2.08 bits per heavy atom. The minimum atomic E-state index is 0.304. The molecular weight excluding hydrogens is 440 g/mol. The van der Waals surface area contributed by atoms with Crippen molar-refractivity contribution < 1.29 is 0 Å². The van der Waals surface area contributed by atoms with Gasteiger partial charge in [-0.1, -0.05) is 45.9 Å². The number of hydrogen-bond acceptors (Lipinski definition) is 4. The first-order valence-corrected chi connectivity index (χ1v) is 14.0. The van der Waals surface area contributed by atoms with Gasteiger partial charge in [0.2, 0.25) is 0 Å². The predicted octanol–water partition coefficient (Wildman–Crippen LogP) is 7.46. The summed E-state index contributed by atoms with van der Waals surface area (Å²) >= 11 is 0. The van der Waals surface area contributed by atoms with Crippen LogP contribution in [0.1, 0.15) is 78.4 Å². The highest BCUT2D eigenvalue weighted by Crippen LogP contribution is 2.45. The second-order valence-corrected chi connectivity index (χ2v) is 8.98. The highest BCUT2D eigenvalue weighted by atomic mass is 15.2. The van der Waals surface area contributed by atoms with Gasteiger partial charge in [0, 0.05) is 23.7 Å². The van der Waals surface area contributed by atoms with E-state index in [4.69, 9.17) is 5.73 Å². The molecule has 0 amide bonds. The molecule has 204 valence electrons. The number of nitrogens with one attached hydrogen (secondary N) is 1. The Morgan fingerprint density at radius 1 is 1.03 bits per heavy atom. The van der Waals surface area contributed by atoms with Crippen molar-refractivity contribution in [2.75, 3.05) is 45.1 Å². The van der Waals surface area contributed by atoms with E-state index < -0.39 is 0 Å². The molecule has 2 saturated heterocycles. The molecule has 3 N–H and O–H groups in total. The summed E-state index contributed by atoms with van der Waals surface area (Å²) in [5.41, 5.74) is 11.3. The standard InChI is InChI=1S/C23H34N4.C3H6.2C2H6.C2H4/c1-3-18(6-11-24)19-4-5-22-21(16-19)23(17-25-22)9-14-27(15-10-23)20-7-12-26(2)13-8-20;1-3-2;3*1-2/h3-6,11,16,20,25H,7-10,12-15,17,24H2,1-2H3;3H,1H2,2H3;2*1-2H3;1-2H2/b11-6-,18-3+;;;;. The summed E-state index contributed by atoms with van der Waals surface area (Å²) in [6.45, 7) is 27.4. The molecule has 2 fully saturated rings. The van der Waals surface area contributed by atoms with Crippen molar-refractivity contribution in [3.8, 4) is 0 Å². The first-order valence-electron chi connectivity index (χ1n) is 14.0. The summed E-state index contributed by atoms with van der Waals surface area (Å²) in [5.74, 6) is 0. The maximum absolute atomic E-state index is 5.64. The van der Waals surface area contributed by atoms with Gasteiger partial charge >= 0.3 is 0 Å². The van der Waals surface area contributed by atoms with Gasteiger partial charge in [0.1, 0.15) is 0 Å². The summed E-state index contributed by atoms with van der Waals surface area (Å²) in [6.07, 6.45) is 12.7. The fourth-order valence-electron chi connectivity index (χ4n) is 5.26. The van der Waals surface area contributed by atoms with Crippen molar-refractivity contribution in [1.82, 2.24) is 9.80 Å². The molecule has 4 rings (SSSR count). The molecular formula is C32H56N4. The van der Waals surface area contributed by atoms with Crippen LogP contribution in [0, 0.1) is 0 Å². The van der Waals surface area contributed by atoms with E-state index in [9.17, 15) is 0 Å². The van der Waals surface area contributed by atoms with E-state index in [1.54, 1.807) is 12.3 Å². The van der Waals surface area contributed by atoms with Crippen molar-refractivity contribution >= 4 is 11.3 Å². The number of likely N-dealkylation sites (tertiary alicyclic amines) is 2. The summed E-state index contributed by atoms with van der Waals surface area (Å²) in [5, 5.41) is 3.69. The SMILES string of the molecule is C/C=C(\C=C/N)c1ccc2c(c1)C1(CCN(C3CCN(C)CC3)CC1)CN2.C=C.C=CC.CC.CC. The van der Waals surface area contributed by atoms with Crippen molar-refractivity contribution in [3.05, 3.63) is 73.5 Å². The predicted molar refractivity (Wildman–Crippen MR) is 165 cm³/mol. The molecule has 4 nitrogen and oxygen atoms in total. The monoisotopic (exact) mass is 496 g/mol. The number of allylic oxidation sites excluding steroid dienone is 4. The van der Waals surface area contributed by atoms with Crippen molar-refractivity contribution in [1.29, 1.82) is 0 Å². The summed E-state index contributed by atoms with van der Waals surface area (Å²) in [6, 6.07) is 7.68. The second kappa shape index (κ2) is 18.9. The maximum atomic E-state index is 5.64. The molecule has 0 bridgehead atoms. The van der Waals surface area contributed by atoms with Crippen LogP contribution in [0.5, 0.6) is 0 Å².